The summed E-state index contributed by atoms with van der Waals surface area (Å²) in [6, 6.07) is 17.6. The van der Waals surface area contributed by atoms with E-state index >= 15 is 0 Å². The topological polar surface area (TPSA) is 70.2 Å². The zero-order chi connectivity index (χ0) is 21.8. The van der Waals surface area contributed by atoms with Gasteiger partial charge in [0.15, 0.2) is 0 Å². The van der Waals surface area contributed by atoms with E-state index in [4.69, 9.17) is 4.74 Å². The first-order chi connectivity index (χ1) is 15.0. The Morgan fingerprint density at radius 3 is 2.48 bits per heavy atom. The molecule has 0 spiro atoms. The van der Waals surface area contributed by atoms with Crippen molar-refractivity contribution in [2.45, 2.75) is 45.6 Å². The van der Waals surface area contributed by atoms with Crippen LogP contribution in [0.4, 0.5) is 0 Å². The van der Waals surface area contributed by atoms with Gasteiger partial charge in [0.25, 0.3) is 5.91 Å². The summed E-state index contributed by atoms with van der Waals surface area (Å²) in [6.45, 7) is 8.88. The molecule has 0 bridgehead atoms. The van der Waals surface area contributed by atoms with Gasteiger partial charge in [-0.15, -0.1) is 0 Å². The third-order valence-corrected chi connectivity index (χ3v) is 5.56. The Labute approximate surface area is 183 Å². The lowest BCUT2D eigenvalue weighted by Gasteiger charge is -2.35. The predicted octanol–water partition coefficient (Wildman–Crippen LogP) is 4.18. The molecule has 3 unspecified atom stereocenters. The lowest BCUT2D eigenvalue weighted by Crippen LogP contribution is -2.44. The van der Waals surface area contributed by atoms with Crippen molar-refractivity contribution < 1.29 is 9.53 Å². The van der Waals surface area contributed by atoms with Crippen molar-refractivity contribution >= 4 is 5.91 Å². The van der Waals surface area contributed by atoms with Crippen LogP contribution < -0.4 is 5.32 Å². The van der Waals surface area contributed by atoms with Gasteiger partial charge in [-0.3, -0.25) is 9.69 Å². The molecule has 162 valence electrons. The van der Waals surface area contributed by atoms with Crippen LogP contribution in [0.1, 0.15) is 48.6 Å². The first-order valence-corrected chi connectivity index (χ1v) is 10.9. The summed E-state index contributed by atoms with van der Waals surface area (Å²) in [5, 5.41) is 3.03. The predicted molar refractivity (Wildman–Crippen MR) is 122 cm³/mol. The van der Waals surface area contributed by atoms with Gasteiger partial charge < -0.3 is 15.0 Å². The van der Waals surface area contributed by atoms with Crippen LogP contribution >= 0.6 is 0 Å². The summed E-state index contributed by atoms with van der Waals surface area (Å²) in [4.78, 5) is 22.9. The van der Waals surface area contributed by atoms with Crippen molar-refractivity contribution in [3.8, 4) is 11.3 Å². The minimum absolute atomic E-state index is 0.106. The van der Waals surface area contributed by atoms with Gasteiger partial charge in [-0.25, -0.2) is 4.98 Å². The van der Waals surface area contributed by atoms with Gasteiger partial charge in [0.2, 0.25) is 0 Å². The molecule has 3 aromatic rings. The van der Waals surface area contributed by atoms with Gasteiger partial charge in [0, 0.05) is 25.2 Å². The number of nitrogens with zero attached hydrogens (tertiary/aromatic N) is 2. The Morgan fingerprint density at radius 1 is 1.13 bits per heavy atom. The van der Waals surface area contributed by atoms with Gasteiger partial charge >= 0.3 is 0 Å². The van der Waals surface area contributed by atoms with Gasteiger partial charge in [-0.05, 0) is 44.0 Å². The highest BCUT2D eigenvalue weighted by molar-refractivity contribution is 5.94. The molecule has 3 atom stereocenters. The standard InChI is InChI=1S/C25H30N4O2/c1-17-14-29(15-18(2)31-17)16-20-9-11-22(12-10-20)25(30)27-19(3)24-26-13-23(28-24)21-7-5-4-6-8-21/h4-13,17-19H,14-16H2,1-3H3,(H,26,28)(H,27,30). The highest BCUT2D eigenvalue weighted by Crippen LogP contribution is 2.19. The van der Waals surface area contributed by atoms with E-state index in [1.807, 2.05) is 61.5 Å². The van der Waals surface area contributed by atoms with Crippen LogP contribution in [-0.2, 0) is 11.3 Å². The molecule has 0 saturated carbocycles. The van der Waals surface area contributed by atoms with E-state index in [1.165, 1.54) is 5.56 Å². The number of ether oxygens (including phenoxy) is 1. The summed E-state index contributed by atoms with van der Waals surface area (Å²) in [7, 11) is 0. The Hall–Kier alpha value is -2.96. The minimum Gasteiger partial charge on any atom is -0.373 e. The zero-order valence-corrected chi connectivity index (χ0v) is 18.3. The van der Waals surface area contributed by atoms with Crippen molar-refractivity contribution in [2.24, 2.45) is 0 Å². The summed E-state index contributed by atoms with van der Waals surface area (Å²) in [6.07, 6.45) is 2.30. The molecule has 6 heteroatoms. The number of H-pyrrole nitrogens is 1. The van der Waals surface area contributed by atoms with Crippen LogP contribution in [0.2, 0.25) is 0 Å². The number of hydrogen-bond donors (Lipinski definition) is 2. The normalized spacial score (nSPS) is 20.4. The minimum atomic E-state index is -0.221. The molecule has 6 nitrogen and oxygen atoms in total. The van der Waals surface area contributed by atoms with Crippen LogP contribution in [-0.4, -0.2) is 46.1 Å². The average Bonchev–Trinajstić information content (AvgIpc) is 3.25. The lowest BCUT2D eigenvalue weighted by molar-refractivity contribution is -0.0704. The van der Waals surface area contributed by atoms with Gasteiger partial charge in [-0.1, -0.05) is 42.5 Å². The number of rotatable bonds is 6. The van der Waals surface area contributed by atoms with E-state index in [-0.39, 0.29) is 24.2 Å². The van der Waals surface area contributed by atoms with Crippen molar-refractivity contribution in [1.29, 1.82) is 0 Å². The summed E-state index contributed by atoms with van der Waals surface area (Å²) >= 11 is 0. The van der Waals surface area contributed by atoms with Crippen LogP contribution in [0.3, 0.4) is 0 Å². The zero-order valence-electron chi connectivity index (χ0n) is 18.3. The fourth-order valence-electron chi connectivity index (χ4n) is 4.10. The maximum atomic E-state index is 12.7. The molecular weight excluding hydrogens is 388 g/mol. The van der Waals surface area contributed by atoms with Crippen LogP contribution in [0.25, 0.3) is 11.3 Å². The lowest BCUT2D eigenvalue weighted by atomic mass is 10.1. The fourth-order valence-corrected chi connectivity index (χ4v) is 4.10. The van der Waals surface area contributed by atoms with Crippen molar-refractivity contribution in [3.05, 3.63) is 77.7 Å². The van der Waals surface area contributed by atoms with E-state index in [1.54, 1.807) is 6.20 Å². The highest BCUT2D eigenvalue weighted by Gasteiger charge is 2.22. The molecule has 0 radical (unpaired) electrons. The molecule has 1 fully saturated rings. The third kappa shape index (κ3) is 5.40. The first kappa shape index (κ1) is 21.3. The second kappa shape index (κ2) is 9.45. The smallest absolute Gasteiger partial charge is 0.251 e. The molecule has 1 aromatic heterocycles. The molecule has 1 aliphatic heterocycles. The Balaban J connectivity index is 1.35. The number of aromatic amines is 1. The quantitative estimate of drug-likeness (QED) is 0.630. The number of amides is 1. The largest absolute Gasteiger partial charge is 0.373 e. The number of aromatic nitrogens is 2. The molecule has 1 saturated heterocycles. The molecule has 31 heavy (non-hydrogen) atoms. The van der Waals surface area contributed by atoms with Crippen molar-refractivity contribution in [1.82, 2.24) is 20.2 Å². The van der Waals surface area contributed by atoms with E-state index in [0.717, 1.165) is 36.7 Å². The number of carbonyl (C=O) groups is 1. The maximum Gasteiger partial charge on any atom is 0.251 e. The van der Waals surface area contributed by atoms with Crippen LogP contribution in [0, 0.1) is 0 Å². The van der Waals surface area contributed by atoms with Crippen LogP contribution in [0.5, 0.6) is 0 Å². The van der Waals surface area contributed by atoms with E-state index in [0.29, 0.717) is 5.56 Å². The molecule has 4 rings (SSSR count). The highest BCUT2D eigenvalue weighted by atomic mass is 16.5. The molecule has 2 aromatic carbocycles. The molecule has 1 amide bonds. The molecule has 2 heterocycles. The second-order valence-corrected chi connectivity index (χ2v) is 8.39. The first-order valence-electron chi connectivity index (χ1n) is 10.9. The Kier molecular flexibility index (Phi) is 6.49. The monoisotopic (exact) mass is 418 g/mol. The second-order valence-electron chi connectivity index (χ2n) is 8.39. The number of benzene rings is 2. The van der Waals surface area contributed by atoms with Crippen LogP contribution in [0.15, 0.2) is 60.8 Å². The number of carbonyl (C=O) groups excluding carboxylic acids is 1. The Bertz CT molecular complexity index is 990. The van der Waals surface area contributed by atoms with Crippen molar-refractivity contribution in [3.63, 3.8) is 0 Å². The molecule has 0 aliphatic carbocycles. The number of nitrogens with one attached hydrogen (secondary N) is 2. The average molecular weight is 419 g/mol. The molecular formula is C25H30N4O2. The maximum absolute atomic E-state index is 12.7. The van der Waals surface area contributed by atoms with E-state index in [9.17, 15) is 4.79 Å². The van der Waals surface area contributed by atoms with Gasteiger partial charge in [-0.2, -0.15) is 0 Å². The Morgan fingerprint density at radius 2 is 1.81 bits per heavy atom. The molecule has 1 aliphatic rings. The van der Waals surface area contributed by atoms with Crippen molar-refractivity contribution in [2.75, 3.05) is 13.1 Å². The summed E-state index contributed by atoms with van der Waals surface area (Å²) in [5.74, 6) is 0.629. The fraction of sp³-hybridized carbons (Fsp3) is 0.360. The van der Waals surface area contributed by atoms with E-state index in [2.05, 4.69) is 34.0 Å². The SMILES string of the molecule is CC1CN(Cc2ccc(C(=O)NC(C)c3ncc(-c4ccccc4)[nH]3)cc2)CC(C)O1. The van der Waals surface area contributed by atoms with Gasteiger partial charge in [0.1, 0.15) is 5.82 Å². The number of imidazole rings is 1. The van der Waals surface area contributed by atoms with E-state index < -0.39 is 0 Å². The molecule has 2 N–H and O–H groups in total. The summed E-state index contributed by atoms with van der Waals surface area (Å²) < 4.78 is 5.80. The summed E-state index contributed by atoms with van der Waals surface area (Å²) in [5.41, 5.74) is 3.85. The third-order valence-electron chi connectivity index (χ3n) is 5.56. The number of hydrogen-bond acceptors (Lipinski definition) is 4. The number of morpholine rings is 1. The van der Waals surface area contributed by atoms with Gasteiger partial charge in [0.05, 0.1) is 30.1 Å².